The van der Waals surface area contributed by atoms with Crippen LogP contribution in [0.1, 0.15) is 32.6 Å². The molecule has 3 rings (SSSR count). The molecule has 0 bridgehead atoms. The summed E-state index contributed by atoms with van der Waals surface area (Å²) in [6, 6.07) is 0. The predicted molar refractivity (Wildman–Crippen MR) is 56.6 cm³/mol. The van der Waals surface area contributed by atoms with E-state index in [1.54, 1.807) is 14.0 Å². The maximum Gasteiger partial charge on any atom is 0.116 e. The molecular formula is C12H20FNO. The van der Waals surface area contributed by atoms with Crippen LogP contribution in [0.15, 0.2) is 0 Å². The molecule has 0 radical (unpaired) electrons. The summed E-state index contributed by atoms with van der Waals surface area (Å²) in [7, 11) is 1.76. The molecule has 3 heteroatoms. The van der Waals surface area contributed by atoms with Crippen molar-refractivity contribution in [3.8, 4) is 0 Å². The molecular weight excluding hydrogens is 193 g/mol. The van der Waals surface area contributed by atoms with Gasteiger partial charge in [0.1, 0.15) is 5.67 Å². The number of hydrogen-bond donors (Lipinski definition) is 0. The van der Waals surface area contributed by atoms with Crippen LogP contribution < -0.4 is 0 Å². The van der Waals surface area contributed by atoms with Crippen molar-refractivity contribution in [3.05, 3.63) is 0 Å². The molecule has 2 heterocycles. The Morgan fingerprint density at radius 2 is 2.13 bits per heavy atom. The molecule has 3 aliphatic rings. The van der Waals surface area contributed by atoms with Crippen molar-refractivity contribution in [1.29, 1.82) is 0 Å². The lowest BCUT2D eigenvalue weighted by molar-refractivity contribution is 0.0650. The minimum absolute atomic E-state index is 0.0219. The van der Waals surface area contributed by atoms with Gasteiger partial charge in [0.2, 0.25) is 0 Å². The largest absolute Gasteiger partial charge is 0.383 e. The van der Waals surface area contributed by atoms with E-state index in [9.17, 15) is 4.39 Å². The van der Waals surface area contributed by atoms with Gasteiger partial charge in [-0.05, 0) is 39.2 Å². The van der Waals surface area contributed by atoms with E-state index in [4.69, 9.17) is 4.74 Å². The fourth-order valence-electron chi connectivity index (χ4n) is 4.03. The molecule has 0 amide bonds. The predicted octanol–water partition coefficient (Wildman–Crippen LogP) is 1.99. The maximum atomic E-state index is 14.0. The highest BCUT2D eigenvalue weighted by Crippen LogP contribution is 2.68. The fraction of sp³-hybridized carbons (Fsp3) is 1.00. The topological polar surface area (TPSA) is 12.5 Å². The van der Waals surface area contributed by atoms with Gasteiger partial charge in [-0.3, -0.25) is 4.90 Å². The Kier molecular flexibility index (Phi) is 1.84. The van der Waals surface area contributed by atoms with Crippen LogP contribution in [0.25, 0.3) is 0 Å². The first-order valence-corrected chi connectivity index (χ1v) is 5.97. The fourth-order valence-corrected chi connectivity index (χ4v) is 4.03. The van der Waals surface area contributed by atoms with E-state index in [2.05, 4.69) is 4.90 Å². The Morgan fingerprint density at radius 3 is 2.73 bits per heavy atom. The molecule has 15 heavy (non-hydrogen) atoms. The van der Waals surface area contributed by atoms with Crippen LogP contribution in [0.2, 0.25) is 0 Å². The molecule has 0 aromatic rings. The molecule has 3 fully saturated rings. The number of rotatable bonds is 2. The molecule has 3 atom stereocenters. The van der Waals surface area contributed by atoms with Gasteiger partial charge in [0.25, 0.3) is 0 Å². The zero-order valence-corrected chi connectivity index (χ0v) is 9.68. The molecule has 2 saturated heterocycles. The smallest absolute Gasteiger partial charge is 0.116 e. The first-order chi connectivity index (χ1) is 7.04. The van der Waals surface area contributed by atoms with E-state index in [0.717, 1.165) is 32.5 Å². The van der Waals surface area contributed by atoms with Crippen molar-refractivity contribution >= 4 is 0 Å². The first-order valence-electron chi connectivity index (χ1n) is 5.97. The second kappa shape index (κ2) is 2.75. The standard InChI is InChI=1S/C12H20FNO/c1-10(13)6-11(10)7-12(9-15-2)4-3-5-14(12)8-11/h3-9H2,1-2H3. The Hall–Kier alpha value is -0.150. The summed E-state index contributed by atoms with van der Waals surface area (Å²) < 4.78 is 19.4. The summed E-state index contributed by atoms with van der Waals surface area (Å²) in [5, 5.41) is 0. The molecule has 2 nitrogen and oxygen atoms in total. The molecule has 1 spiro atoms. The summed E-state index contributed by atoms with van der Waals surface area (Å²) in [5.74, 6) is 0. The van der Waals surface area contributed by atoms with Gasteiger partial charge < -0.3 is 4.74 Å². The molecule has 86 valence electrons. The number of nitrogens with zero attached hydrogens (tertiary/aromatic N) is 1. The minimum Gasteiger partial charge on any atom is -0.383 e. The highest BCUT2D eigenvalue weighted by molar-refractivity contribution is 5.24. The normalized spacial score (nSPS) is 53.8. The van der Waals surface area contributed by atoms with Gasteiger partial charge in [-0.2, -0.15) is 0 Å². The summed E-state index contributed by atoms with van der Waals surface area (Å²) in [6.07, 6.45) is 4.23. The lowest BCUT2D eigenvalue weighted by atomic mass is 9.87. The van der Waals surface area contributed by atoms with Crippen LogP contribution in [0, 0.1) is 5.41 Å². The molecule has 0 N–H and O–H groups in total. The molecule has 3 unspecified atom stereocenters. The average molecular weight is 213 g/mol. The van der Waals surface area contributed by atoms with E-state index in [0.29, 0.717) is 0 Å². The van der Waals surface area contributed by atoms with Crippen molar-refractivity contribution in [1.82, 2.24) is 4.90 Å². The molecule has 0 aromatic carbocycles. The van der Waals surface area contributed by atoms with Crippen LogP contribution in [0.4, 0.5) is 4.39 Å². The van der Waals surface area contributed by atoms with E-state index >= 15 is 0 Å². The number of halogens is 1. The number of fused-ring (bicyclic) bond motifs is 1. The molecule has 1 saturated carbocycles. The number of ether oxygens (including phenoxy) is 1. The average Bonchev–Trinajstić information content (AvgIpc) is 2.43. The molecule has 0 aromatic heterocycles. The summed E-state index contributed by atoms with van der Waals surface area (Å²) in [5.41, 5.74) is -0.747. The lowest BCUT2D eigenvalue weighted by Crippen LogP contribution is -2.42. The first kappa shape index (κ1) is 10.0. The van der Waals surface area contributed by atoms with Crippen LogP contribution in [-0.2, 0) is 4.74 Å². The zero-order chi connectivity index (χ0) is 10.7. The summed E-state index contributed by atoms with van der Waals surface area (Å²) in [4.78, 5) is 2.49. The van der Waals surface area contributed by atoms with Crippen LogP contribution >= 0.6 is 0 Å². The van der Waals surface area contributed by atoms with Crippen molar-refractivity contribution in [2.45, 2.75) is 43.8 Å². The quantitative estimate of drug-likeness (QED) is 0.695. The van der Waals surface area contributed by atoms with Crippen molar-refractivity contribution < 1.29 is 9.13 Å². The Morgan fingerprint density at radius 1 is 1.40 bits per heavy atom. The van der Waals surface area contributed by atoms with Gasteiger partial charge in [-0.25, -0.2) is 4.39 Å². The second-order valence-electron chi connectivity index (χ2n) is 6.01. The summed E-state index contributed by atoms with van der Waals surface area (Å²) >= 11 is 0. The van der Waals surface area contributed by atoms with E-state index in [1.807, 2.05) is 0 Å². The van der Waals surface area contributed by atoms with E-state index in [-0.39, 0.29) is 11.0 Å². The lowest BCUT2D eigenvalue weighted by Gasteiger charge is -2.30. The van der Waals surface area contributed by atoms with Gasteiger partial charge in [-0.15, -0.1) is 0 Å². The Labute approximate surface area is 90.8 Å². The number of alkyl halides is 1. The van der Waals surface area contributed by atoms with Gasteiger partial charge >= 0.3 is 0 Å². The van der Waals surface area contributed by atoms with Gasteiger partial charge in [-0.1, -0.05) is 0 Å². The highest BCUT2D eigenvalue weighted by Gasteiger charge is 2.73. The van der Waals surface area contributed by atoms with Crippen LogP contribution in [0.3, 0.4) is 0 Å². The zero-order valence-electron chi connectivity index (χ0n) is 9.68. The SMILES string of the molecule is COCC12CCCN1CC1(C2)CC1(C)F. The third-order valence-electron chi connectivity index (χ3n) is 4.97. The van der Waals surface area contributed by atoms with Crippen LogP contribution in [-0.4, -0.2) is 42.9 Å². The highest BCUT2D eigenvalue weighted by atomic mass is 19.1. The van der Waals surface area contributed by atoms with Gasteiger partial charge in [0.05, 0.1) is 6.61 Å². The maximum absolute atomic E-state index is 14.0. The monoisotopic (exact) mass is 213 g/mol. The Balaban J connectivity index is 1.83. The third-order valence-corrected chi connectivity index (χ3v) is 4.97. The van der Waals surface area contributed by atoms with E-state index < -0.39 is 5.67 Å². The molecule has 1 aliphatic carbocycles. The third kappa shape index (κ3) is 1.17. The number of methoxy groups -OCH3 is 1. The minimum atomic E-state index is -0.905. The Bertz CT molecular complexity index is 293. The molecule has 2 aliphatic heterocycles. The van der Waals surface area contributed by atoms with Crippen molar-refractivity contribution in [2.24, 2.45) is 5.41 Å². The summed E-state index contributed by atoms with van der Waals surface area (Å²) in [6.45, 7) is 4.66. The second-order valence-corrected chi connectivity index (χ2v) is 6.01. The van der Waals surface area contributed by atoms with Gasteiger partial charge in [0, 0.05) is 24.6 Å². The number of hydrogen-bond acceptors (Lipinski definition) is 2. The van der Waals surface area contributed by atoms with Crippen LogP contribution in [0.5, 0.6) is 0 Å². The van der Waals surface area contributed by atoms with E-state index in [1.165, 1.54) is 12.8 Å². The van der Waals surface area contributed by atoms with Gasteiger partial charge in [0.15, 0.2) is 0 Å². The van der Waals surface area contributed by atoms with Crippen molar-refractivity contribution in [2.75, 3.05) is 26.8 Å². The van der Waals surface area contributed by atoms with Crippen molar-refractivity contribution in [3.63, 3.8) is 0 Å².